The Labute approximate surface area is 74.7 Å². The number of aromatic nitrogens is 1. The first-order chi connectivity index (χ1) is 5.52. The summed E-state index contributed by atoms with van der Waals surface area (Å²) in [5, 5.41) is -0.633. The minimum Gasteiger partial charge on any atom is -0.446 e. The van der Waals surface area contributed by atoms with Crippen LogP contribution in [0.1, 0.15) is 23.4 Å². The van der Waals surface area contributed by atoms with E-state index in [0.717, 1.165) is 0 Å². The molecule has 0 saturated carbocycles. The lowest BCUT2D eigenvalue weighted by Gasteiger charge is -2.00. The zero-order chi connectivity index (χ0) is 9.30. The van der Waals surface area contributed by atoms with E-state index in [-0.39, 0.29) is 0 Å². The van der Waals surface area contributed by atoms with Crippen LogP contribution in [-0.2, 0) is 4.79 Å². The van der Waals surface area contributed by atoms with Gasteiger partial charge in [-0.25, -0.2) is 4.98 Å². The van der Waals surface area contributed by atoms with E-state index < -0.39 is 11.3 Å². The van der Waals surface area contributed by atoms with Crippen molar-refractivity contribution in [1.82, 2.24) is 4.98 Å². The second-order valence-corrected chi connectivity index (χ2v) is 2.83. The lowest BCUT2D eigenvalue weighted by Crippen LogP contribution is -2.18. The highest BCUT2D eigenvalue weighted by Gasteiger charge is 2.20. The molecular formula is C7H9ClN2O2. The zero-order valence-corrected chi connectivity index (χ0v) is 7.55. The van der Waals surface area contributed by atoms with Gasteiger partial charge in [0.15, 0.2) is 5.89 Å². The van der Waals surface area contributed by atoms with Crippen LogP contribution in [0, 0.1) is 13.8 Å². The van der Waals surface area contributed by atoms with Gasteiger partial charge in [-0.15, -0.1) is 0 Å². The largest absolute Gasteiger partial charge is 0.446 e. The van der Waals surface area contributed by atoms with Crippen molar-refractivity contribution in [2.75, 3.05) is 0 Å². The van der Waals surface area contributed by atoms with E-state index in [2.05, 4.69) is 4.98 Å². The van der Waals surface area contributed by atoms with Gasteiger partial charge in [-0.05, 0) is 18.5 Å². The molecule has 0 aromatic carbocycles. The van der Waals surface area contributed by atoms with Gasteiger partial charge in [-0.1, -0.05) is 0 Å². The molecule has 1 atom stereocenters. The number of nitrogens with zero attached hydrogens (tertiary/aromatic N) is 1. The van der Waals surface area contributed by atoms with Crippen LogP contribution >= 0.6 is 11.6 Å². The molecule has 0 bridgehead atoms. The van der Waals surface area contributed by atoms with Gasteiger partial charge < -0.3 is 10.2 Å². The summed E-state index contributed by atoms with van der Waals surface area (Å²) in [4.78, 5) is 14.6. The van der Waals surface area contributed by atoms with Gasteiger partial charge in [0.2, 0.25) is 5.24 Å². The number of carbonyl (C=O) groups is 1. The second-order valence-electron chi connectivity index (χ2n) is 2.46. The number of hydrogen-bond donors (Lipinski definition) is 1. The van der Waals surface area contributed by atoms with Crippen LogP contribution in [0.2, 0.25) is 0 Å². The van der Waals surface area contributed by atoms with Crippen LogP contribution in [0.4, 0.5) is 0 Å². The summed E-state index contributed by atoms with van der Waals surface area (Å²) in [7, 11) is 0. The number of halogens is 1. The highest BCUT2D eigenvalue weighted by Crippen LogP contribution is 2.17. The third kappa shape index (κ3) is 1.65. The summed E-state index contributed by atoms with van der Waals surface area (Å²) in [6.07, 6.45) is 0. The van der Waals surface area contributed by atoms with Gasteiger partial charge in [0.05, 0.1) is 0 Å². The Balaban J connectivity index is 3.02. The molecule has 0 radical (unpaired) electrons. The van der Waals surface area contributed by atoms with Gasteiger partial charge in [0.25, 0.3) is 0 Å². The molecule has 4 nitrogen and oxygen atoms in total. The summed E-state index contributed by atoms with van der Waals surface area (Å²) in [6, 6.07) is -0.885. The Kier molecular flexibility index (Phi) is 2.49. The van der Waals surface area contributed by atoms with E-state index in [9.17, 15) is 4.79 Å². The van der Waals surface area contributed by atoms with Gasteiger partial charge in [0, 0.05) is 6.92 Å². The Morgan fingerprint density at radius 1 is 1.67 bits per heavy atom. The molecule has 1 rings (SSSR count). The summed E-state index contributed by atoms with van der Waals surface area (Å²) in [6.45, 7) is 3.37. The first-order valence-corrected chi connectivity index (χ1v) is 3.79. The van der Waals surface area contributed by atoms with Crippen molar-refractivity contribution in [3.05, 3.63) is 17.3 Å². The molecule has 0 saturated heterocycles. The van der Waals surface area contributed by atoms with Crippen LogP contribution < -0.4 is 5.73 Å². The fraction of sp³-hybridized carbons (Fsp3) is 0.429. The molecule has 1 heterocycles. The highest BCUT2D eigenvalue weighted by atomic mass is 35.5. The topological polar surface area (TPSA) is 69.1 Å². The first kappa shape index (κ1) is 9.22. The number of rotatable bonds is 2. The van der Waals surface area contributed by atoms with Crippen LogP contribution in [0.25, 0.3) is 0 Å². The van der Waals surface area contributed by atoms with Crippen molar-refractivity contribution in [1.29, 1.82) is 0 Å². The molecule has 0 aliphatic heterocycles. The molecule has 5 heteroatoms. The maximum absolute atomic E-state index is 10.7. The molecule has 0 amide bonds. The first-order valence-electron chi connectivity index (χ1n) is 3.41. The van der Waals surface area contributed by atoms with E-state index >= 15 is 0 Å². The van der Waals surface area contributed by atoms with Crippen LogP contribution in [0.5, 0.6) is 0 Å². The third-order valence-corrected chi connectivity index (χ3v) is 1.71. The summed E-state index contributed by atoms with van der Waals surface area (Å²) < 4.78 is 5.08. The van der Waals surface area contributed by atoms with Gasteiger partial charge >= 0.3 is 0 Å². The third-order valence-electron chi connectivity index (χ3n) is 1.48. The number of oxazole rings is 1. The number of nitrogens with two attached hydrogens (primary N) is 1. The number of aryl methyl sites for hydroxylation is 2. The number of hydrogen-bond acceptors (Lipinski definition) is 4. The van der Waals surface area contributed by atoms with Crippen molar-refractivity contribution in [3.63, 3.8) is 0 Å². The predicted octanol–water partition coefficient (Wildman–Crippen LogP) is 1.06. The Bertz CT molecular complexity index is 308. The Morgan fingerprint density at radius 3 is 2.58 bits per heavy atom. The molecular weight excluding hydrogens is 180 g/mol. The average molecular weight is 189 g/mol. The van der Waals surface area contributed by atoms with Gasteiger partial charge in [0.1, 0.15) is 17.5 Å². The molecule has 1 aromatic rings. The van der Waals surface area contributed by atoms with Crippen LogP contribution in [-0.4, -0.2) is 10.2 Å². The molecule has 66 valence electrons. The van der Waals surface area contributed by atoms with Gasteiger partial charge in [-0.2, -0.15) is 0 Å². The maximum atomic E-state index is 10.7. The van der Waals surface area contributed by atoms with Crippen molar-refractivity contribution in [2.45, 2.75) is 19.9 Å². The Hall–Kier alpha value is -0.870. The quantitative estimate of drug-likeness (QED) is 0.705. The van der Waals surface area contributed by atoms with Gasteiger partial charge in [-0.3, -0.25) is 4.79 Å². The maximum Gasteiger partial charge on any atom is 0.244 e. The van der Waals surface area contributed by atoms with E-state index in [1.165, 1.54) is 0 Å². The molecule has 1 aromatic heterocycles. The SMILES string of the molecule is Cc1nc(C(N)C(=O)Cl)c(C)o1. The summed E-state index contributed by atoms with van der Waals surface area (Å²) >= 11 is 5.20. The molecule has 0 fully saturated rings. The smallest absolute Gasteiger partial charge is 0.244 e. The van der Waals surface area contributed by atoms with Crippen LogP contribution in [0.15, 0.2) is 4.42 Å². The van der Waals surface area contributed by atoms with Crippen molar-refractivity contribution in [2.24, 2.45) is 5.73 Å². The van der Waals surface area contributed by atoms with E-state index in [1.54, 1.807) is 13.8 Å². The lowest BCUT2D eigenvalue weighted by atomic mass is 10.2. The molecule has 0 aliphatic carbocycles. The normalized spacial score (nSPS) is 13.0. The molecule has 1 unspecified atom stereocenters. The van der Waals surface area contributed by atoms with E-state index in [0.29, 0.717) is 17.3 Å². The molecule has 0 spiro atoms. The molecule has 0 aliphatic rings. The Morgan fingerprint density at radius 2 is 2.25 bits per heavy atom. The van der Waals surface area contributed by atoms with Crippen molar-refractivity contribution < 1.29 is 9.21 Å². The molecule has 12 heavy (non-hydrogen) atoms. The molecule has 2 N–H and O–H groups in total. The van der Waals surface area contributed by atoms with Crippen molar-refractivity contribution in [3.8, 4) is 0 Å². The minimum atomic E-state index is -0.885. The fourth-order valence-corrected chi connectivity index (χ4v) is 1.04. The second kappa shape index (κ2) is 3.25. The lowest BCUT2D eigenvalue weighted by molar-refractivity contribution is -0.113. The number of carbonyl (C=O) groups excluding carboxylic acids is 1. The van der Waals surface area contributed by atoms with Crippen LogP contribution in [0.3, 0.4) is 0 Å². The average Bonchev–Trinajstić information content (AvgIpc) is 2.28. The van der Waals surface area contributed by atoms with E-state index in [1.807, 2.05) is 0 Å². The predicted molar refractivity (Wildman–Crippen MR) is 43.8 cm³/mol. The fourth-order valence-electron chi connectivity index (χ4n) is 0.941. The monoisotopic (exact) mass is 188 g/mol. The zero-order valence-electron chi connectivity index (χ0n) is 6.80. The summed E-state index contributed by atoms with van der Waals surface area (Å²) in [5.41, 5.74) is 5.86. The summed E-state index contributed by atoms with van der Waals surface area (Å²) in [5.74, 6) is 1.02. The van der Waals surface area contributed by atoms with E-state index in [4.69, 9.17) is 21.8 Å². The minimum absolute atomic E-state index is 0.410. The highest BCUT2D eigenvalue weighted by molar-refractivity contribution is 6.64. The van der Waals surface area contributed by atoms with Crippen molar-refractivity contribution >= 4 is 16.8 Å². The standard InChI is InChI=1S/C7H9ClN2O2/c1-3-6(5(9)7(8)11)10-4(2)12-3/h5H,9H2,1-2H3.